The molecule has 0 saturated heterocycles. The van der Waals surface area contributed by atoms with Gasteiger partial charge in [0, 0.05) is 17.2 Å². The van der Waals surface area contributed by atoms with Gasteiger partial charge in [-0.2, -0.15) is 0 Å². The minimum Gasteiger partial charge on any atom is -0.453 e. The van der Waals surface area contributed by atoms with E-state index in [-0.39, 0.29) is 0 Å². The maximum absolute atomic E-state index is 11.0. The molecule has 0 aromatic carbocycles. The van der Waals surface area contributed by atoms with E-state index in [1.165, 1.54) is 0 Å². The molecule has 3 nitrogen and oxygen atoms in total. The number of carbonyl (C=O) groups excluding carboxylic acids is 1. The van der Waals surface area contributed by atoms with Crippen LogP contribution in [0.4, 0.5) is 0 Å². The van der Waals surface area contributed by atoms with Crippen LogP contribution in [0.5, 0.6) is 0 Å². The fourth-order valence-corrected chi connectivity index (χ4v) is 1.58. The molecule has 5 heteroatoms. The van der Waals surface area contributed by atoms with Crippen molar-refractivity contribution in [2.24, 2.45) is 0 Å². The lowest BCUT2D eigenvalue weighted by Gasteiger charge is -2.13. The minimum atomic E-state index is -0.474. The van der Waals surface area contributed by atoms with Crippen molar-refractivity contribution >= 4 is 30.8 Å². The SMILES string of the molecule is C=CC(=O)OC(C)c1[nH]ccc(=S)c1S. The number of ether oxygens (including phenoxy) is 1. The van der Waals surface area contributed by atoms with E-state index in [9.17, 15) is 4.79 Å². The Morgan fingerprint density at radius 3 is 3.07 bits per heavy atom. The normalized spacial score (nSPS) is 11.9. The third kappa shape index (κ3) is 2.94. The van der Waals surface area contributed by atoms with E-state index in [0.717, 1.165) is 6.08 Å². The summed E-state index contributed by atoms with van der Waals surface area (Å²) in [6.45, 7) is 5.06. The average molecular weight is 241 g/mol. The highest BCUT2D eigenvalue weighted by Gasteiger charge is 2.13. The Kier molecular flexibility index (Phi) is 4.11. The quantitative estimate of drug-likeness (QED) is 0.370. The molecule has 80 valence electrons. The molecule has 15 heavy (non-hydrogen) atoms. The van der Waals surface area contributed by atoms with Crippen LogP contribution in [0.2, 0.25) is 0 Å². The third-order valence-electron chi connectivity index (χ3n) is 1.83. The van der Waals surface area contributed by atoms with E-state index in [0.29, 0.717) is 15.1 Å². The van der Waals surface area contributed by atoms with Gasteiger partial charge in [0.05, 0.1) is 10.2 Å². The predicted molar refractivity (Wildman–Crippen MR) is 63.6 cm³/mol. The highest BCUT2D eigenvalue weighted by atomic mass is 32.1. The Hall–Kier alpha value is -1.07. The molecule has 1 unspecified atom stereocenters. The fraction of sp³-hybridized carbons (Fsp3) is 0.200. The van der Waals surface area contributed by atoms with E-state index >= 15 is 0 Å². The van der Waals surface area contributed by atoms with Gasteiger partial charge in [-0.3, -0.25) is 0 Å². The van der Waals surface area contributed by atoms with Crippen LogP contribution in [0.3, 0.4) is 0 Å². The van der Waals surface area contributed by atoms with Crippen molar-refractivity contribution in [2.75, 3.05) is 0 Å². The molecular weight excluding hydrogens is 230 g/mol. The van der Waals surface area contributed by atoms with Gasteiger partial charge in [0.2, 0.25) is 0 Å². The van der Waals surface area contributed by atoms with E-state index in [1.807, 2.05) is 0 Å². The van der Waals surface area contributed by atoms with Crippen LogP contribution in [0.15, 0.2) is 29.8 Å². The summed E-state index contributed by atoms with van der Waals surface area (Å²) in [5, 5.41) is 0. The maximum atomic E-state index is 11.0. The predicted octanol–water partition coefficient (Wildman–Crippen LogP) is 2.82. The monoisotopic (exact) mass is 241 g/mol. The van der Waals surface area contributed by atoms with Crippen LogP contribution < -0.4 is 0 Å². The van der Waals surface area contributed by atoms with Crippen LogP contribution in [0.1, 0.15) is 18.7 Å². The average Bonchev–Trinajstić information content (AvgIpc) is 2.21. The first kappa shape index (κ1) is 12.0. The molecule has 0 bridgehead atoms. The lowest BCUT2D eigenvalue weighted by molar-refractivity contribution is -0.142. The lowest BCUT2D eigenvalue weighted by atomic mass is 10.2. The molecule has 1 N–H and O–H groups in total. The first-order valence-corrected chi connectivity index (χ1v) is 5.15. The zero-order valence-electron chi connectivity index (χ0n) is 8.19. The van der Waals surface area contributed by atoms with E-state index in [1.54, 1.807) is 19.2 Å². The summed E-state index contributed by atoms with van der Waals surface area (Å²) in [7, 11) is 0. The molecule has 0 aliphatic heterocycles. The van der Waals surface area contributed by atoms with Gasteiger partial charge in [-0.15, -0.1) is 12.6 Å². The highest BCUT2D eigenvalue weighted by molar-refractivity contribution is 7.81. The van der Waals surface area contributed by atoms with Crippen LogP contribution >= 0.6 is 24.8 Å². The number of nitrogens with one attached hydrogen (secondary N) is 1. The van der Waals surface area contributed by atoms with Gasteiger partial charge >= 0.3 is 5.97 Å². The number of aromatic amines is 1. The summed E-state index contributed by atoms with van der Waals surface area (Å²) >= 11 is 9.29. The topological polar surface area (TPSA) is 42.1 Å². The molecule has 0 aliphatic rings. The van der Waals surface area contributed by atoms with Gasteiger partial charge in [0.1, 0.15) is 6.10 Å². The molecular formula is C10H11NO2S2. The molecule has 0 amide bonds. The molecule has 1 atom stereocenters. The van der Waals surface area contributed by atoms with Crippen molar-refractivity contribution in [3.63, 3.8) is 0 Å². The van der Waals surface area contributed by atoms with Crippen LogP contribution in [-0.2, 0) is 9.53 Å². The Bertz CT molecular complexity index is 439. The standard InChI is InChI=1S/C10H11NO2S2/c1-3-8(12)13-6(2)9-10(15)7(14)4-5-11-9/h3-6,15H,1H2,2H3,(H,11,14). The fourth-order valence-electron chi connectivity index (χ4n) is 1.08. The summed E-state index contributed by atoms with van der Waals surface area (Å²) in [6.07, 6.45) is 2.38. The maximum Gasteiger partial charge on any atom is 0.330 e. The lowest BCUT2D eigenvalue weighted by Crippen LogP contribution is -2.08. The van der Waals surface area contributed by atoms with Crippen LogP contribution in [0.25, 0.3) is 0 Å². The number of hydrogen-bond donors (Lipinski definition) is 2. The molecule has 0 aliphatic carbocycles. The molecule has 1 rings (SSSR count). The van der Waals surface area contributed by atoms with E-state index in [4.69, 9.17) is 17.0 Å². The van der Waals surface area contributed by atoms with Gasteiger partial charge < -0.3 is 9.72 Å². The van der Waals surface area contributed by atoms with Crippen LogP contribution in [-0.4, -0.2) is 11.0 Å². The van der Waals surface area contributed by atoms with E-state index in [2.05, 4.69) is 24.2 Å². The Labute approximate surface area is 98.6 Å². The van der Waals surface area contributed by atoms with Crippen molar-refractivity contribution in [3.8, 4) is 0 Å². The number of H-pyrrole nitrogens is 1. The molecule has 0 fully saturated rings. The van der Waals surface area contributed by atoms with Gasteiger partial charge in [-0.05, 0) is 13.0 Å². The van der Waals surface area contributed by atoms with Crippen molar-refractivity contribution in [1.82, 2.24) is 4.98 Å². The Balaban J connectivity index is 2.96. The summed E-state index contributed by atoms with van der Waals surface area (Å²) in [4.78, 5) is 14.6. The zero-order chi connectivity index (χ0) is 11.4. The number of hydrogen-bond acceptors (Lipinski definition) is 4. The van der Waals surface area contributed by atoms with Crippen molar-refractivity contribution < 1.29 is 9.53 Å². The van der Waals surface area contributed by atoms with E-state index < -0.39 is 12.1 Å². The highest BCUT2D eigenvalue weighted by Crippen LogP contribution is 2.22. The molecule has 0 radical (unpaired) electrons. The molecule has 1 heterocycles. The largest absolute Gasteiger partial charge is 0.453 e. The van der Waals surface area contributed by atoms with Crippen molar-refractivity contribution in [2.45, 2.75) is 17.9 Å². The summed E-state index contributed by atoms with van der Waals surface area (Å²) in [5.41, 5.74) is 0.682. The molecule has 0 spiro atoms. The Morgan fingerprint density at radius 2 is 2.47 bits per heavy atom. The summed E-state index contributed by atoms with van der Waals surface area (Å²) < 4.78 is 5.66. The first-order chi connectivity index (χ1) is 7.06. The van der Waals surface area contributed by atoms with Gasteiger partial charge in [0.25, 0.3) is 0 Å². The first-order valence-electron chi connectivity index (χ1n) is 4.30. The van der Waals surface area contributed by atoms with Gasteiger partial charge in [-0.1, -0.05) is 18.8 Å². The second kappa shape index (κ2) is 5.14. The summed E-state index contributed by atoms with van der Waals surface area (Å²) in [6, 6.07) is 1.73. The second-order valence-electron chi connectivity index (χ2n) is 2.89. The van der Waals surface area contributed by atoms with Crippen molar-refractivity contribution in [3.05, 3.63) is 35.1 Å². The summed E-state index contributed by atoms with van der Waals surface area (Å²) in [5.74, 6) is -0.474. The minimum absolute atomic E-state index is 0.425. The number of aromatic nitrogens is 1. The smallest absolute Gasteiger partial charge is 0.330 e. The van der Waals surface area contributed by atoms with Gasteiger partial charge in [0.15, 0.2) is 0 Å². The number of rotatable bonds is 3. The zero-order valence-corrected chi connectivity index (χ0v) is 9.90. The Morgan fingerprint density at radius 1 is 1.80 bits per heavy atom. The number of esters is 1. The second-order valence-corrected chi connectivity index (χ2v) is 3.77. The van der Waals surface area contributed by atoms with Crippen molar-refractivity contribution in [1.29, 1.82) is 0 Å². The molecule has 0 saturated carbocycles. The number of thiol groups is 1. The third-order valence-corrected chi connectivity index (χ3v) is 2.80. The number of carbonyl (C=O) groups is 1. The van der Waals surface area contributed by atoms with Gasteiger partial charge in [-0.25, -0.2) is 4.79 Å². The molecule has 1 aromatic rings. The number of pyridine rings is 1. The molecule has 1 aromatic heterocycles. The van der Waals surface area contributed by atoms with Crippen LogP contribution in [0, 0.1) is 4.51 Å².